The molecule has 1 fully saturated rings. The van der Waals surface area contributed by atoms with Crippen LogP contribution in [0.1, 0.15) is 53.4 Å². The molecule has 1 unspecified atom stereocenters. The van der Waals surface area contributed by atoms with Gasteiger partial charge in [-0.05, 0) is 44.7 Å². The maximum Gasteiger partial charge on any atom is 0.309 e. The number of likely N-dealkylation sites (tertiary alicyclic amines) is 1. The molecule has 100 valence electrons. The number of hydrogen-bond donors (Lipinski definition) is 1. The molecule has 0 aliphatic carbocycles. The van der Waals surface area contributed by atoms with Gasteiger partial charge in [0, 0.05) is 6.04 Å². The van der Waals surface area contributed by atoms with Crippen LogP contribution in [-0.4, -0.2) is 35.1 Å². The monoisotopic (exact) mass is 241 g/mol. The lowest BCUT2D eigenvalue weighted by Crippen LogP contribution is -2.49. The number of carbonyl (C=O) groups is 1. The molecule has 0 aromatic rings. The maximum absolute atomic E-state index is 11.4. The average molecular weight is 241 g/mol. The van der Waals surface area contributed by atoms with E-state index in [2.05, 4.69) is 25.7 Å². The van der Waals surface area contributed by atoms with Crippen LogP contribution in [0.4, 0.5) is 0 Å². The number of hydrogen-bond acceptors (Lipinski definition) is 2. The molecule has 1 aliphatic rings. The highest BCUT2D eigenvalue weighted by molar-refractivity contribution is 5.74. The molecule has 0 amide bonds. The van der Waals surface area contributed by atoms with Crippen molar-refractivity contribution in [3.8, 4) is 0 Å². The van der Waals surface area contributed by atoms with Crippen molar-refractivity contribution >= 4 is 5.97 Å². The number of nitrogens with zero attached hydrogens (tertiary/aromatic N) is 1. The highest BCUT2D eigenvalue weighted by Gasteiger charge is 2.41. The molecule has 0 saturated carbocycles. The molecular weight excluding hydrogens is 214 g/mol. The zero-order valence-corrected chi connectivity index (χ0v) is 11.7. The van der Waals surface area contributed by atoms with Crippen LogP contribution in [0.5, 0.6) is 0 Å². The van der Waals surface area contributed by atoms with Gasteiger partial charge in [-0.2, -0.15) is 0 Å². The summed E-state index contributed by atoms with van der Waals surface area (Å²) in [5.74, 6) is 0.0520. The Labute approximate surface area is 105 Å². The van der Waals surface area contributed by atoms with E-state index in [9.17, 15) is 9.90 Å². The van der Waals surface area contributed by atoms with E-state index in [-0.39, 0.29) is 0 Å². The molecule has 0 aromatic carbocycles. The van der Waals surface area contributed by atoms with Crippen molar-refractivity contribution in [1.29, 1.82) is 0 Å². The van der Waals surface area contributed by atoms with E-state index in [0.29, 0.717) is 12.0 Å². The largest absolute Gasteiger partial charge is 0.481 e. The predicted octanol–water partition coefficient (Wildman–Crippen LogP) is 3.00. The Hall–Kier alpha value is -0.570. The molecule has 1 rings (SSSR count). The van der Waals surface area contributed by atoms with Crippen molar-refractivity contribution < 1.29 is 9.90 Å². The van der Waals surface area contributed by atoms with Gasteiger partial charge in [0.2, 0.25) is 0 Å². The first-order chi connectivity index (χ1) is 7.96. The second kappa shape index (κ2) is 5.85. The maximum atomic E-state index is 11.4. The number of piperidine rings is 1. The van der Waals surface area contributed by atoms with E-state index >= 15 is 0 Å². The van der Waals surface area contributed by atoms with Gasteiger partial charge in [-0.25, -0.2) is 0 Å². The van der Waals surface area contributed by atoms with Crippen LogP contribution in [0.25, 0.3) is 0 Å². The Morgan fingerprint density at radius 1 is 1.29 bits per heavy atom. The lowest BCUT2D eigenvalue weighted by molar-refractivity contribution is -0.152. The third-order valence-corrected chi connectivity index (χ3v) is 4.54. The molecule has 3 nitrogen and oxygen atoms in total. The molecule has 3 heteroatoms. The molecule has 1 N–H and O–H groups in total. The fraction of sp³-hybridized carbons (Fsp3) is 0.929. The van der Waals surface area contributed by atoms with E-state index in [1.807, 2.05) is 6.92 Å². The average Bonchev–Trinajstić information content (AvgIpc) is 2.30. The molecule has 0 spiro atoms. The van der Waals surface area contributed by atoms with Gasteiger partial charge in [0.15, 0.2) is 0 Å². The smallest absolute Gasteiger partial charge is 0.309 e. The van der Waals surface area contributed by atoms with Crippen molar-refractivity contribution in [3.05, 3.63) is 0 Å². The summed E-state index contributed by atoms with van der Waals surface area (Å²) < 4.78 is 0. The van der Waals surface area contributed by atoms with Crippen LogP contribution in [0.3, 0.4) is 0 Å². The minimum Gasteiger partial charge on any atom is -0.481 e. The van der Waals surface area contributed by atoms with E-state index < -0.39 is 11.4 Å². The quantitative estimate of drug-likeness (QED) is 0.804. The molecule has 0 radical (unpaired) electrons. The van der Waals surface area contributed by atoms with Crippen molar-refractivity contribution in [2.45, 2.75) is 59.4 Å². The summed E-state index contributed by atoms with van der Waals surface area (Å²) >= 11 is 0. The number of rotatable bonds is 5. The van der Waals surface area contributed by atoms with Crippen LogP contribution in [0.2, 0.25) is 0 Å². The third-order valence-electron chi connectivity index (χ3n) is 4.54. The highest BCUT2D eigenvalue weighted by Crippen LogP contribution is 2.36. The summed E-state index contributed by atoms with van der Waals surface area (Å²) in [5.41, 5.74) is -0.453. The predicted molar refractivity (Wildman–Crippen MR) is 70.1 cm³/mol. The van der Waals surface area contributed by atoms with E-state index in [1.54, 1.807) is 0 Å². The van der Waals surface area contributed by atoms with Crippen molar-refractivity contribution in [1.82, 2.24) is 4.90 Å². The van der Waals surface area contributed by atoms with Crippen molar-refractivity contribution in [2.24, 2.45) is 11.3 Å². The lowest BCUT2D eigenvalue weighted by atomic mass is 9.75. The zero-order valence-electron chi connectivity index (χ0n) is 11.7. The fourth-order valence-corrected chi connectivity index (χ4v) is 3.15. The molecule has 1 atom stereocenters. The molecule has 17 heavy (non-hydrogen) atoms. The summed E-state index contributed by atoms with van der Waals surface area (Å²) in [7, 11) is 0. The van der Waals surface area contributed by atoms with Gasteiger partial charge in [-0.3, -0.25) is 4.79 Å². The van der Waals surface area contributed by atoms with Gasteiger partial charge in [-0.15, -0.1) is 0 Å². The molecule has 0 bridgehead atoms. The minimum absolute atomic E-state index is 0.453. The number of carboxylic acid groups (broad SMARTS) is 1. The Morgan fingerprint density at radius 3 is 2.12 bits per heavy atom. The van der Waals surface area contributed by atoms with Crippen LogP contribution in [0, 0.1) is 11.3 Å². The molecule has 1 heterocycles. The first kappa shape index (κ1) is 14.5. The number of carboxylic acids is 1. The lowest BCUT2D eigenvalue weighted by Gasteiger charge is -2.43. The first-order valence-corrected chi connectivity index (χ1v) is 6.94. The molecule has 0 aromatic heterocycles. The van der Waals surface area contributed by atoms with E-state index in [4.69, 9.17) is 0 Å². The fourth-order valence-electron chi connectivity index (χ4n) is 3.15. The summed E-state index contributed by atoms with van der Waals surface area (Å²) in [5, 5.41) is 9.36. The number of aliphatic carboxylic acids is 1. The highest BCUT2D eigenvalue weighted by atomic mass is 16.4. The Morgan fingerprint density at radius 2 is 1.82 bits per heavy atom. The van der Waals surface area contributed by atoms with Gasteiger partial charge < -0.3 is 10.0 Å². The van der Waals surface area contributed by atoms with Crippen LogP contribution < -0.4 is 0 Å². The van der Waals surface area contributed by atoms with Gasteiger partial charge in [0.1, 0.15) is 0 Å². The SMILES string of the molecule is CCC(C(C)C)N1CCC(CC)(C(=O)O)CC1. The van der Waals surface area contributed by atoms with E-state index in [1.165, 1.54) is 0 Å². The van der Waals surface area contributed by atoms with Gasteiger partial charge in [0.25, 0.3) is 0 Å². The molecule has 1 aliphatic heterocycles. The van der Waals surface area contributed by atoms with Gasteiger partial charge in [-0.1, -0.05) is 27.7 Å². The summed E-state index contributed by atoms with van der Waals surface area (Å²) in [4.78, 5) is 13.9. The Bertz CT molecular complexity index is 255. The van der Waals surface area contributed by atoms with Crippen LogP contribution in [-0.2, 0) is 4.79 Å². The summed E-state index contributed by atoms with van der Waals surface area (Å²) in [6, 6.07) is 0.610. The summed E-state index contributed by atoms with van der Waals surface area (Å²) in [6.45, 7) is 10.6. The van der Waals surface area contributed by atoms with Gasteiger partial charge >= 0.3 is 5.97 Å². The standard InChI is InChI=1S/C14H27NO2/c1-5-12(11(3)4)15-9-7-14(6-2,8-10-15)13(16)17/h11-12H,5-10H2,1-4H3,(H,16,17). The molecule has 1 saturated heterocycles. The second-order valence-corrected chi connectivity index (χ2v) is 5.69. The van der Waals surface area contributed by atoms with Crippen molar-refractivity contribution in [3.63, 3.8) is 0 Å². The zero-order chi connectivity index (χ0) is 13.1. The minimum atomic E-state index is -0.600. The Balaban J connectivity index is 2.63. The first-order valence-electron chi connectivity index (χ1n) is 6.94. The summed E-state index contributed by atoms with van der Waals surface area (Å²) in [6.07, 6.45) is 3.53. The van der Waals surface area contributed by atoms with Gasteiger partial charge in [0.05, 0.1) is 5.41 Å². The van der Waals surface area contributed by atoms with Crippen molar-refractivity contribution in [2.75, 3.05) is 13.1 Å². The normalized spacial score (nSPS) is 22.6. The third kappa shape index (κ3) is 3.01. The second-order valence-electron chi connectivity index (χ2n) is 5.69. The molecular formula is C14H27NO2. The van der Waals surface area contributed by atoms with Crippen LogP contribution >= 0.6 is 0 Å². The van der Waals surface area contributed by atoms with E-state index in [0.717, 1.165) is 38.8 Å². The topological polar surface area (TPSA) is 40.5 Å². The Kier molecular flexibility index (Phi) is 4.99. The van der Waals surface area contributed by atoms with Crippen LogP contribution in [0.15, 0.2) is 0 Å².